The lowest BCUT2D eigenvalue weighted by Crippen LogP contribution is -2.17. The first-order chi connectivity index (χ1) is 9.70. The molecule has 9 heteroatoms. The van der Waals surface area contributed by atoms with Gasteiger partial charge in [0.2, 0.25) is 0 Å². The number of benzene rings is 2. The van der Waals surface area contributed by atoms with Gasteiger partial charge in [0, 0.05) is 14.6 Å². The van der Waals surface area contributed by atoms with Crippen LogP contribution in [0.4, 0.5) is 20.2 Å². The summed E-state index contributed by atoms with van der Waals surface area (Å²) in [4.78, 5) is -1.08. The van der Waals surface area contributed by atoms with Gasteiger partial charge < -0.3 is 5.73 Å². The van der Waals surface area contributed by atoms with Crippen molar-refractivity contribution < 1.29 is 17.2 Å². The molecule has 2 aromatic rings. The third kappa shape index (κ3) is 3.53. The molecule has 0 saturated carbocycles. The van der Waals surface area contributed by atoms with Gasteiger partial charge in [0.1, 0.15) is 11.6 Å². The zero-order valence-electron chi connectivity index (χ0n) is 10.2. The van der Waals surface area contributed by atoms with Gasteiger partial charge in [-0.25, -0.2) is 17.2 Å². The molecule has 4 nitrogen and oxygen atoms in total. The monoisotopic (exact) mass is 440 g/mol. The summed E-state index contributed by atoms with van der Waals surface area (Å²) in [5.74, 6) is -2.52. The summed E-state index contributed by atoms with van der Waals surface area (Å²) >= 11 is 6.33. The van der Waals surface area contributed by atoms with E-state index in [-0.39, 0.29) is 11.4 Å². The van der Waals surface area contributed by atoms with Crippen molar-refractivity contribution in [2.45, 2.75) is 4.90 Å². The van der Waals surface area contributed by atoms with Crippen LogP contribution in [0.15, 0.2) is 44.2 Å². The SMILES string of the molecule is Nc1cc(F)c(S(=O)(=O)Nc2cc(Br)ccc2Br)c(F)c1. The summed E-state index contributed by atoms with van der Waals surface area (Å²) in [6, 6.07) is 6.19. The second-order valence-corrected chi connectivity index (χ2v) is 7.43. The molecule has 0 heterocycles. The van der Waals surface area contributed by atoms with Crippen LogP contribution in [-0.4, -0.2) is 8.42 Å². The smallest absolute Gasteiger partial charge is 0.267 e. The van der Waals surface area contributed by atoms with Crippen molar-refractivity contribution in [1.29, 1.82) is 0 Å². The molecule has 0 aliphatic rings. The molecule has 112 valence electrons. The minimum atomic E-state index is -4.44. The van der Waals surface area contributed by atoms with Crippen LogP contribution in [0.1, 0.15) is 0 Å². The fraction of sp³-hybridized carbons (Fsp3) is 0. The Bertz CT molecular complexity index is 790. The largest absolute Gasteiger partial charge is 0.399 e. The van der Waals surface area contributed by atoms with Gasteiger partial charge in [-0.05, 0) is 46.3 Å². The number of hydrogen-bond acceptors (Lipinski definition) is 3. The van der Waals surface area contributed by atoms with Gasteiger partial charge >= 0.3 is 0 Å². The summed E-state index contributed by atoms with van der Waals surface area (Å²) < 4.78 is 54.9. The first kappa shape index (κ1) is 16.2. The van der Waals surface area contributed by atoms with E-state index in [1.807, 2.05) is 0 Å². The van der Waals surface area contributed by atoms with Crippen molar-refractivity contribution in [3.8, 4) is 0 Å². The van der Waals surface area contributed by atoms with E-state index in [9.17, 15) is 17.2 Å². The predicted molar refractivity (Wildman–Crippen MR) is 83.4 cm³/mol. The van der Waals surface area contributed by atoms with Crippen LogP contribution in [0.3, 0.4) is 0 Å². The first-order valence-corrected chi connectivity index (χ1v) is 8.50. The van der Waals surface area contributed by atoms with E-state index in [0.717, 1.165) is 12.1 Å². The molecule has 0 amide bonds. The Labute approximate surface area is 136 Å². The second-order valence-electron chi connectivity index (χ2n) is 4.04. The molecular formula is C12H8Br2F2N2O2S. The number of nitrogens with one attached hydrogen (secondary N) is 1. The van der Waals surface area contributed by atoms with E-state index in [1.165, 1.54) is 6.07 Å². The Kier molecular flexibility index (Phi) is 4.54. The molecule has 0 saturated heterocycles. The fourth-order valence-electron chi connectivity index (χ4n) is 1.61. The molecule has 0 atom stereocenters. The molecule has 0 aliphatic carbocycles. The van der Waals surface area contributed by atoms with Crippen LogP contribution in [0, 0.1) is 11.6 Å². The van der Waals surface area contributed by atoms with E-state index in [2.05, 4.69) is 36.6 Å². The average Bonchev–Trinajstić information content (AvgIpc) is 2.31. The first-order valence-electron chi connectivity index (χ1n) is 5.43. The van der Waals surface area contributed by atoms with Gasteiger partial charge in [-0.1, -0.05) is 15.9 Å². The Morgan fingerprint density at radius 1 is 1.05 bits per heavy atom. The Morgan fingerprint density at radius 3 is 2.19 bits per heavy atom. The van der Waals surface area contributed by atoms with E-state index in [1.54, 1.807) is 12.1 Å². The van der Waals surface area contributed by atoms with Gasteiger partial charge in [-0.3, -0.25) is 4.72 Å². The normalized spacial score (nSPS) is 11.4. The molecule has 0 unspecified atom stereocenters. The highest BCUT2D eigenvalue weighted by atomic mass is 79.9. The molecule has 2 aromatic carbocycles. The van der Waals surface area contributed by atoms with Gasteiger partial charge in [0.25, 0.3) is 10.0 Å². The quantitative estimate of drug-likeness (QED) is 0.710. The summed E-state index contributed by atoms with van der Waals surface area (Å²) in [7, 11) is -4.44. The lowest BCUT2D eigenvalue weighted by Gasteiger charge is -2.12. The number of sulfonamides is 1. The van der Waals surface area contributed by atoms with Crippen LogP contribution >= 0.6 is 31.9 Å². The molecule has 0 radical (unpaired) electrons. The number of hydrogen-bond donors (Lipinski definition) is 2. The highest BCUT2D eigenvalue weighted by Crippen LogP contribution is 2.30. The molecule has 0 aromatic heterocycles. The second kappa shape index (κ2) is 5.90. The van der Waals surface area contributed by atoms with E-state index >= 15 is 0 Å². The molecule has 21 heavy (non-hydrogen) atoms. The minimum Gasteiger partial charge on any atom is -0.399 e. The maximum atomic E-state index is 13.7. The Hall–Kier alpha value is -1.19. The van der Waals surface area contributed by atoms with Crippen molar-refractivity contribution in [2.24, 2.45) is 0 Å². The van der Waals surface area contributed by atoms with Crippen LogP contribution in [0.5, 0.6) is 0 Å². The fourth-order valence-corrected chi connectivity index (χ4v) is 3.64. The van der Waals surface area contributed by atoms with Gasteiger partial charge in [-0.15, -0.1) is 0 Å². The third-order valence-electron chi connectivity index (χ3n) is 2.46. The minimum absolute atomic E-state index is 0.139. The highest BCUT2D eigenvalue weighted by Gasteiger charge is 2.25. The summed E-state index contributed by atoms with van der Waals surface area (Å²) in [5.41, 5.74) is 5.20. The Balaban J connectivity index is 2.51. The molecule has 3 N–H and O–H groups in total. The van der Waals surface area contributed by atoms with Crippen molar-refractivity contribution >= 4 is 53.3 Å². The van der Waals surface area contributed by atoms with Crippen LogP contribution < -0.4 is 10.5 Å². The summed E-state index contributed by atoms with van der Waals surface area (Å²) in [6.45, 7) is 0. The van der Waals surface area contributed by atoms with Crippen molar-refractivity contribution in [1.82, 2.24) is 0 Å². The number of anilines is 2. The molecule has 2 rings (SSSR count). The van der Waals surface area contributed by atoms with Crippen molar-refractivity contribution in [3.63, 3.8) is 0 Å². The lowest BCUT2D eigenvalue weighted by molar-refractivity contribution is 0.522. The zero-order valence-corrected chi connectivity index (χ0v) is 14.2. The van der Waals surface area contributed by atoms with Crippen LogP contribution in [0.2, 0.25) is 0 Å². The molecular weight excluding hydrogens is 434 g/mol. The number of halogens is 4. The molecule has 0 fully saturated rings. The predicted octanol–water partition coefficient (Wildman–Crippen LogP) is 3.87. The maximum Gasteiger partial charge on any atom is 0.267 e. The highest BCUT2D eigenvalue weighted by molar-refractivity contribution is 9.11. The molecule has 0 aliphatic heterocycles. The maximum absolute atomic E-state index is 13.7. The summed E-state index contributed by atoms with van der Waals surface area (Å²) in [6.07, 6.45) is 0. The van der Waals surface area contributed by atoms with Crippen molar-refractivity contribution in [3.05, 3.63) is 50.9 Å². The van der Waals surface area contributed by atoms with E-state index in [4.69, 9.17) is 5.73 Å². The number of nitrogen functional groups attached to an aromatic ring is 1. The molecule has 0 spiro atoms. The van der Waals surface area contributed by atoms with Gasteiger partial charge in [0.05, 0.1) is 5.69 Å². The number of rotatable bonds is 3. The third-order valence-corrected chi connectivity index (χ3v) is 5.06. The topological polar surface area (TPSA) is 72.2 Å². The van der Waals surface area contributed by atoms with Crippen LogP contribution in [0.25, 0.3) is 0 Å². The number of nitrogens with two attached hydrogens (primary N) is 1. The van der Waals surface area contributed by atoms with E-state index < -0.39 is 26.6 Å². The lowest BCUT2D eigenvalue weighted by atomic mass is 10.3. The zero-order chi connectivity index (χ0) is 15.8. The average molecular weight is 442 g/mol. The summed E-state index contributed by atoms with van der Waals surface area (Å²) in [5, 5.41) is 0. The van der Waals surface area contributed by atoms with Gasteiger partial charge in [0.15, 0.2) is 4.90 Å². The van der Waals surface area contributed by atoms with Gasteiger partial charge in [-0.2, -0.15) is 0 Å². The standard InChI is InChI=1S/C12H8Br2F2N2O2S/c13-6-1-2-8(14)11(3-6)18-21(19,20)12-9(15)4-7(17)5-10(12)16/h1-5,18H,17H2. The Morgan fingerprint density at radius 2 is 1.62 bits per heavy atom. The van der Waals surface area contributed by atoms with Crippen LogP contribution in [-0.2, 0) is 10.0 Å². The van der Waals surface area contributed by atoms with Crippen molar-refractivity contribution in [2.75, 3.05) is 10.5 Å². The van der Waals surface area contributed by atoms with E-state index in [0.29, 0.717) is 8.95 Å². The molecule has 0 bridgehead atoms.